The minimum absolute atomic E-state index is 0.00172. The van der Waals surface area contributed by atoms with Gasteiger partial charge in [-0.05, 0) is 13.0 Å². The second-order valence-corrected chi connectivity index (χ2v) is 5.47. The number of halogens is 3. The van der Waals surface area contributed by atoms with Crippen molar-refractivity contribution in [3.05, 3.63) is 44.5 Å². The van der Waals surface area contributed by atoms with Gasteiger partial charge in [-0.1, -0.05) is 11.6 Å². The van der Waals surface area contributed by atoms with E-state index in [0.29, 0.717) is 0 Å². The zero-order valence-electron chi connectivity index (χ0n) is 10.9. The van der Waals surface area contributed by atoms with Gasteiger partial charge in [-0.25, -0.2) is 13.6 Å². The van der Waals surface area contributed by atoms with Crippen molar-refractivity contribution < 1.29 is 18.7 Å². The number of aromatic carboxylic acids is 1. The van der Waals surface area contributed by atoms with E-state index in [1.165, 1.54) is 11.5 Å². The van der Waals surface area contributed by atoms with Gasteiger partial charge in [-0.3, -0.25) is 4.79 Å². The molecule has 1 saturated carbocycles. The zero-order valence-corrected chi connectivity index (χ0v) is 11.6. The number of carboxylic acid groups (broad SMARTS) is 1. The van der Waals surface area contributed by atoms with Gasteiger partial charge in [0.25, 0.3) is 0 Å². The van der Waals surface area contributed by atoms with Crippen LogP contribution in [-0.2, 0) is 0 Å². The third-order valence-corrected chi connectivity index (χ3v) is 4.17. The molecule has 2 aromatic rings. The average molecular weight is 314 g/mol. The zero-order chi connectivity index (χ0) is 15.5. The monoisotopic (exact) mass is 313 g/mol. The van der Waals surface area contributed by atoms with Gasteiger partial charge in [0.05, 0.1) is 22.0 Å². The highest BCUT2D eigenvalue weighted by molar-refractivity contribution is 6.36. The number of alkyl halides is 1. The first-order chi connectivity index (χ1) is 9.82. The molecule has 1 N–H and O–H groups in total. The third kappa shape index (κ3) is 2.01. The molecule has 3 rings (SSSR count). The second-order valence-electron chi connectivity index (χ2n) is 5.10. The third-order valence-electron chi connectivity index (χ3n) is 3.71. The lowest BCUT2D eigenvalue weighted by molar-refractivity contribution is 0.0694. The molecule has 4 nitrogen and oxygen atoms in total. The normalized spacial score (nSPS) is 20.8. The van der Waals surface area contributed by atoms with Gasteiger partial charge in [0, 0.05) is 18.2 Å². The van der Waals surface area contributed by atoms with Crippen molar-refractivity contribution in [2.24, 2.45) is 0 Å². The first kappa shape index (κ1) is 14.0. The van der Waals surface area contributed by atoms with E-state index in [0.717, 1.165) is 12.3 Å². The van der Waals surface area contributed by atoms with Crippen LogP contribution in [0.5, 0.6) is 0 Å². The molecular weight excluding hydrogens is 304 g/mol. The van der Waals surface area contributed by atoms with Crippen LogP contribution in [0.15, 0.2) is 17.1 Å². The van der Waals surface area contributed by atoms with Crippen molar-refractivity contribution in [3.63, 3.8) is 0 Å². The topological polar surface area (TPSA) is 59.3 Å². The van der Waals surface area contributed by atoms with Gasteiger partial charge in [0.15, 0.2) is 0 Å². The Bertz CT molecular complexity index is 846. The summed E-state index contributed by atoms with van der Waals surface area (Å²) in [5.41, 5.74) is -1.04. The van der Waals surface area contributed by atoms with Crippen LogP contribution in [0.4, 0.5) is 8.78 Å². The molecule has 0 bridgehead atoms. The summed E-state index contributed by atoms with van der Waals surface area (Å²) in [4.78, 5) is 23.3. The van der Waals surface area contributed by atoms with Gasteiger partial charge < -0.3 is 9.67 Å². The molecule has 1 unspecified atom stereocenters. The van der Waals surface area contributed by atoms with E-state index in [9.17, 15) is 18.4 Å². The number of benzene rings is 1. The van der Waals surface area contributed by atoms with Crippen molar-refractivity contribution in [1.29, 1.82) is 0 Å². The Morgan fingerprint density at radius 3 is 2.67 bits per heavy atom. The fourth-order valence-corrected chi connectivity index (χ4v) is 2.68. The van der Waals surface area contributed by atoms with E-state index in [-0.39, 0.29) is 27.9 Å². The van der Waals surface area contributed by atoms with Crippen molar-refractivity contribution >= 4 is 28.5 Å². The summed E-state index contributed by atoms with van der Waals surface area (Å²) in [5.74, 6) is -2.14. The highest BCUT2D eigenvalue weighted by Crippen LogP contribution is 2.42. The Morgan fingerprint density at radius 1 is 1.52 bits per heavy atom. The standard InChI is InChI=1S/C14H10ClF2NO3/c1-5-8(16)2-6-12(11(5)15)18(10-3-9(10)17)4-7(13(6)19)14(20)21/h2,4,9-10H,3H2,1H3,(H,20,21)/t9-,10?/m0/s1. The first-order valence-electron chi connectivity index (χ1n) is 6.23. The molecule has 110 valence electrons. The highest BCUT2D eigenvalue weighted by atomic mass is 35.5. The van der Waals surface area contributed by atoms with Crippen molar-refractivity contribution in [3.8, 4) is 0 Å². The Balaban J connectivity index is 2.49. The van der Waals surface area contributed by atoms with Crippen molar-refractivity contribution in [1.82, 2.24) is 4.57 Å². The second kappa shape index (κ2) is 4.53. The maximum Gasteiger partial charge on any atom is 0.341 e. The lowest BCUT2D eigenvalue weighted by Crippen LogP contribution is -2.19. The van der Waals surface area contributed by atoms with E-state index in [1.807, 2.05) is 0 Å². The largest absolute Gasteiger partial charge is 0.477 e. The molecule has 1 aliphatic carbocycles. The van der Waals surface area contributed by atoms with E-state index < -0.39 is 35.0 Å². The number of pyridine rings is 1. The fourth-order valence-electron chi connectivity index (χ4n) is 2.39. The quantitative estimate of drug-likeness (QED) is 0.927. The lowest BCUT2D eigenvalue weighted by atomic mass is 10.1. The van der Waals surface area contributed by atoms with E-state index in [2.05, 4.69) is 0 Å². The number of aromatic nitrogens is 1. The number of carboxylic acids is 1. The summed E-state index contributed by atoms with van der Waals surface area (Å²) in [7, 11) is 0. The van der Waals surface area contributed by atoms with Gasteiger partial charge in [-0.15, -0.1) is 0 Å². The number of hydrogen-bond donors (Lipinski definition) is 1. The lowest BCUT2D eigenvalue weighted by Gasteiger charge is -2.14. The van der Waals surface area contributed by atoms with Crippen LogP contribution < -0.4 is 5.43 Å². The molecule has 0 radical (unpaired) electrons. The van der Waals surface area contributed by atoms with E-state index in [1.54, 1.807) is 0 Å². The Labute approximate surface area is 122 Å². The number of carbonyl (C=O) groups is 1. The molecule has 1 aromatic carbocycles. The van der Waals surface area contributed by atoms with Crippen LogP contribution in [-0.4, -0.2) is 21.8 Å². The van der Waals surface area contributed by atoms with Gasteiger partial charge in [0.1, 0.15) is 17.6 Å². The predicted molar refractivity (Wildman–Crippen MR) is 73.4 cm³/mol. The molecule has 1 aromatic heterocycles. The molecule has 0 aliphatic heterocycles. The number of fused-ring (bicyclic) bond motifs is 1. The van der Waals surface area contributed by atoms with Crippen LogP contribution >= 0.6 is 11.6 Å². The van der Waals surface area contributed by atoms with Crippen molar-refractivity contribution in [2.45, 2.75) is 25.6 Å². The SMILES string of the molecule is Cc1c(F)cc2c(=O)c(C(=O)O)cn(C3C[C@@H]3F)c2c1Cl. The smallest absolute Gasteiger partial charge is 0.341 e. The van der Waals surface area contributed by atoms with E-state index >= 15 is 0 Å². The van der Waals surface area contributed by atoms with Crippen LogP contribution in [0.25, 0.3) is 10.9 Å². The Hall–Kier alpha value is -1.95. The van der Waals surface area contributed by atoms with Crippen LogP contribution in [0, 0.1) is 12.7 Å². The molecule has 7 heteroatoms. The average Bonchev–Trinajstić information content (AvgIpc) is 3.14. The first-order valence-corrected chi connectivity index (χ1v) is 6.61. The minimum atomic E-state index is -1.44. The summed E-state index contributed by atoms with van der Waals surface area (Å²) in [6.45, 7) is 1.44. The van der Waals surface area contributed by atoms with Crippen LogP contribution in [0.1, 0.15) is 28.4 Å². The van der Waals surface area contributed by atoms with Gasteiger partial charge in [0.2, 0.25) is 5.43 Å². The molecular formula is C14H10ClF2NO3. The molecule has 0 saturated heterocycles. The number of nitrogens with zero attached hydrogens (tertiary/aromatic N) is 1. The molecule has 0 amide bonds. The van der Waals surface area contributed by atoms with Crippen LogP contribution in [0.3, 0.4) is 0 Å². The number of hydrogen-bond acceptors (Lipinski definition) is 2. The predicted octanol–water partition coefficient (Wildman–Crippen LogP) is 3.08. The van der Waals surface area contributed by atoms with Crippen molar-refractivity contribution in [2.75, 3.05) is 0 Å². The van der Waals surface area contributed by atoms with Gasteiger partial charge >= 0.3 is 5.97 Å². The molecule has 21 heavy (non-hydrogen) atoms. The summed E-state index contributed by atoms with van der Waals surface area (Å²) in [6.07, 6.45) is 0.170. The summed E-state index contributed by atoms with van der Waals surface area (Å²) >= 11 is 6.09. The fraction of sp³-hybridized carbons (Fsp3) is 0.286. The summed E-state index contributed by atoms with van der Waals surface area (Å²) < 4.78 is 28.5. The highest BCUT2D eigenvalue weighted by Gasteiger charge is 2.40. The molecule has 1 aliphatic rings. The molecule has 1 fully saturated rings. The summed E-state index contributed by atoms with van der Waals surface area (Å²) in [5, 5.41) is 8.92. The number of rotatable bonds is 2. The van der Waals surface area contributed by atoms with Gasteiger partial charge in [-0.2, -0.15) is 0 Å². The molecule has 1 heterocycles. The molecule has 2 atom stereocenters. The Morgan fingerprint density at radius 2 is 2.14 bits per heavy atom. The summed E-state index contributed by atoms with van der Waals surface area (Å²) in [6, 6.07) is 0.380. The Kier molecular flexibility index (Phi) is 3.02. The van der Waals surface area contributed by atoms with E-state index in [4.69, 9.17) is 16.7 Å². The minimum Gasteiger partial charge on any atom is -0.477 e. The van der Waals surface area contributed by atoms with Crippen LogP contribution in [0.2, 0.25) is 5.02 Å². The maximum atomic E-state index is 13.8. The molecule has 0 spiro atoms. The maximum absolute atomic E-state index is 13.8.